The van der Waals surface area contributed by atoms with Crippen molar-refractivity contribution in [1.29, 1.82) is 0 Å². The van der Waals surface area contributed by atoms with Crippen molar-refractivity contribution in [3.05, 3.63) is 41.6 Å². The van der Waals surface area contributed by atoms with Crippen LogP contribution in [0.2, 0.25) is 0 Å². The first-order valence-electron chi connectivity index (χ1n) is 7.71. The number of carbonyl (C=O) groups is 1. The highest BCUT2D eigenvalue weighted by atomic mass is 16.1. The van der Waals surface area contributed by atoms with E-state index in [1.165, 1.54) is 0 Å². The summed E-state index contributed by atoms with van der Waals surface area (Å²) in [5.41, 5.74) is 3.24. The number of Topliss-reactive ketones (excluding diaryl/α,β-unsaturated/α-hetero) is 1. The van der Waals surface area contributed by atoms with Gasteiger partial charge in [0.2, 0.25) is 5.95 Å². The molecular weight excluding hydrogens is 274 g/mol. The number of benzene rings is 1. The molecule has 1 aromatic heterocycles. The van der Waals surface area contributed by atoms with E-state index in [0.717, 1.165) is 22.4 Å². The van der Waals surface area contributed by atoms with E-state index in [9.17, 15) is 4.79 Å². The predicted octanol–water partition coefficient (Wildman–Crippen LogP) is 3.61. The van der Waals surface area contributed by atoms with Crippen LogP contribution in [0.15, 0.2) is 30.5 Å². The summed E-state index contributed by atoms with van der Waals surface area (Å²) in [6.07, 6.45) is 2.21. The van der Waals surface area contributed by atoms with E-state index >= 15 is 0 Å². The van der Waals surface area contributed by atoms with Gasteiger partial charge in [0.25, 0.3) is 0 Å². The summed E-state index contributed by atoms with van der Waals surface area (Å²) < 4.78 is 0. The van der Waals surface area contributed by atoms with Crippen LogP contribution in [0.5, 0.6) is 0 Å². The number of ketones is 1. The minimum Gasteiger partial charge on any atom is -0.357 e. The largest absolute Gasteiger partial charge is 0.357 e. The highest BCUT2D eigenvalue weighted by Gasteiger charge is 2.36. The molecule has 2 aromatic rings. The summed E-state index contributed by atoms with van der Waals surface area (Å²) in [5.74, 6) is 0.771. The fraction of sp³-hybridized carbons (Fsp3) is 0.389. The van der Waals surface area contributed by atoms with Crippen LogP contribution in [0.1, 0.15) is 38.8 Å². The van der Waals surface area contributed by atoms with Gasteiger partial charge in [0, 0.05) is 30.8 Å². The third-order valence-electron chi connectivity index (χ3n) is 4.01. The summed E-state index contributed by atoms with van der Waals surface area (Å²) in [5, 5.41) is 2.96. The maximum absolute atomic E-state index is 12.5. The number of hydrogen-bond donors (Lipinski definition) is 1. The third-order valence-corrected chi connectivity index (χ3v) is 4.01. The maximum atomic E-state index is 12.5. The topological polar surface area (TPSA) is 54.9 Å². The van der Waals surface area contributed by atoms with Crippen LogP contribution in [0, 0.1) is 0 Å². The van der Waals surface area contributed by atoms with E-state index in [0.29, 0.717) is 12.4 Å². The molecular formula is C18H23N3O. The summed E-state index contributed by atoms with van der Waals surface area (Å²) in [7, 11) is 1.79. The van der Waals surface area contributed by atoms with Crippen molar-refractivity contribution in [2.45, 2.75) is 39.5 Å². The van der Waals surface area contributed by atoms with Gasteiger partial charge in [-0.05, 0) is 19.4 Å². The van der Waals surface area contributed by atoms with Gasteiger partial charge >= 0.3 is 0 Å². The zero-order valence-corrected chi connectivity index (χ0v) is 13.9. The second-order valence-corrected chi connectivity index (χ2v) is 5.59. The van der Waals surface area contributed by atoms with Crippen molar-refractivity contribution in [3.63, 3.8) is 0 Å². The minimum absolute atomic E-state index is 0.199. The fourth-order valence-corrected chi connectivity index (χ4v) is 2.61. The van der Waals surface area contributed by atoms with Gasteiger partial charge in [0.05, 0.1) is 11.1 Å². The van der Waals surface area contributed by atoms with E-state index in [-0.39, 0.29) is 5.78 Å². The lowest BCUT2D eigenvalue weighted by molar-refractivity contribution is -0.122. The summed E-state index contributed by atoms with van der Waals surface area (Å²) in [4.78, 5) is 21.4. The second kappa shape index (κ2) is 6.26. The van der Waals surface area contributed by atoms with E-state index < -0.39 is 5.41 Å². The number of hydrogen-bond acceptors (Lipinski definition) is 4. The molecule has 1 aliphatic rings. The van der Waals surface area contributed by atoms with Crippen molar-refractivity contribution in [1.82, 2.24) is 9.97 Å². The zero-order valence-electron chi connectivity index (χ0n) is 13.9. The molecule has 0 aliphatic heterocycles. The Kier molecular flexibility index (Phi) is 4.59. The Labute approximate surface area is 132 Å². The first-order valence-corrected chi connectivity index (χ1v) is 7.71. The molecule has 0 bridgehead atoms. The minimum atomic E-state index is -0.569. The van der Waals surface area contributed by atoms with E-state index in [1.54, 1.807) is 13.2 Å². The van der Waals surface area contributed by atoms with Crippen LogP contribution < -0.4 is 5.32 Å². The molecule has 0 atom stereocenters. The van der Waals surface area contributed by atoms with Crippen molar-refractivity contribution in [2.24, 2.45) is 0 Å². The quantitative estimate of drug-likeness (QED) is 0.873. The number of nitrogens with zero attached hydrogens (tertiary/aromatic N) is 2. The Balaban J connectivity index is 0.000000847. The first kappa shape index (κ1) is 16.1. The zero-order chi connectivity index (χ0) is 16.3. The molecule has 1 heterocycles. The van der Waals surface area contributed by atoms with Gasteiger partial charge in [-0.2, -0.15) is 0 Å². The Hall–Kier alpha value is -2.23. The van der Waals surface area contributed by atoms with E-state index in [1.807, 2.05) is 52.0 Å². The SMILES string of the molecule is CC.CNc1ncc2c(n1)-c1ccccc1CC(=O)C2(C)C. The molecule has 0 radical (unpaired) electrons. The fourth-order valence-electron chi connectivity index (χ4n) is 2.61. The molecule has 116 valence electrons. The molecule has 0 fully saturated rings. The molecule has 1 N–H and O–H groups in total. The summed E-state index contributed by atoms with van der Waals surface area (Å²) >= 11 is 0. The van der Waals surface area contributed by atoms with Crippen LogP contribution in [0.25, 0.3) is 11.3 Å². The number of rotatable bonds is 1. The Morgan fingerprint density at radius 2 is 1.86 bits per heavy atom. The lowest BCUT2D eigenvalue weighted by atomic mass is 9.80. The molecule has 0 unspecified atom stereocenters. The van der Waals surface area contributed by atoms with Crippen LogP contribution in [-0.2, 0) is 16.6 Å². The Bertz CT molecular complexity index is 692. The highest BCUT2D eigenvalue weighted by Crippen LogP contribution is 2.38. The van der Waals surface area contributed by atoms with Gasteiger partial charge in [0.15, 0.2) is 0 Å². The van der Waals surface area contributed by atoms with Gasteiger partial charge in [-0.3, -0.25) is 4.79 Å². The maximum Gasteiger partial charge on any atom is 0.222 e. The van der Waals surface area contributed by atoms with Crippen molar-refractivity contribution in [3.8, 4) is 11.3 Å². The molecule has 4 heteroatoms. The van der Waals surface area contributed by atoms with Crippen LogP contribution in [0.4, 0.5) is 5.95 Å². The molecule has 0 amide bonds. The standard InChI is InChI=1S/C16H17N3O.C2H6/c1-16(2)12-9-18-15(17-3)19-14(12)11-7-5-4-6-10(11)8-13(16)20;1-2/h4-7,9H,8H2,1-3H3,(H,17,18,19);1-2H3. The summed E-state index contributed by atoms with van der Waals surface area (Å²) in [6, 6.07) is 7.96. The molecule has 4 nitrogen and oxygen atoms in total. The second-order valence-electron chi connectivity index (χ2n) is 5.59. The van der Waals surface area contributed by atoms with Gasteiger partial charge in [0.1, 0.15) is 5.78 Å². The number of aromatic nitrogens is 2. The highest BCUT2D eigenvalue weighted by molar-refractivity contribution is 5.96. The first-order chi connectivity index (χ1) is 10.5. The van der Waals surface area contributed by atoms with Gasteiger partial charge in [-0.15, -0.1) is 0 Å². The number of anilines is 1. The number of nitrogens with one attached hydrogen (secondary N) is 1. The van der Waals surface area contributed by atoms with Gasteiger partial charge < -0.3 is 5.32 Å². The molecule has 0 spiro atoms. The lowest BCUT2D eigenvalue weighted by Gasteiger charge is -2.23. The average Bonchev–Trinajstić information content (AvgIpc) is 2.63. The molecule has 3 rings (SSSR count). The predicted molar refractivity (Wildman–Crippen MR) is 90.1 cm³/mol. The normalized spacial score (nSPS) is 14.9. The molecule has 0 saturated heterocycles. The monoisotopic (exact) mass is 297 g/mol. The third kappa shape index (κ3) is 2.61. The number of fused-ring (bicyclic) bond motifs is 3. The van der Waals surface area contributed by atoms with Crippen LogP contribution in [-0.4, -0.2) is 22.8 Å². The average molecular weight is 297 g/mol. The van der Waals surface area contributed by atoms with Crippen molar-refractivity contribution < 1.29 is 4.79 Å². The summed E-state index contributed by atoms with van der Waals surface area (Å²) in [6.45, 7) is 7.89. The molecule has 1 aliphatic carbocycles. The van der Waals surface area contributed by atoms with Crippen LogP contribution in [0.3, 0.4) is 0 Å². The van der Waals surface area contributed by atoms with Crippen molar-refractivity contribution in [2.75, 3.05) is 12.4 Å². The smallest absolute Gasteiger partial charge is 0.222 e. The Morgan fingerprint density at radius 1 is 1.18 bits per heavy atom. The van der Waals surface area contributed by atoms with Crippen molar-refractivity contribution >= 4 is 11.7 Å². The van der Waals surface area contributed by atoms with Gasteiger partial charge in [-0.25, -0.2) is 9.97 Å². The van der Waals surface area contributed by atoms with E-state index in [2.05, 4.69) is 15.3 Å². The van der Waals surface area contributed by atoms with E-state index in [4.69, 9.17) is 0 Å². The molecule has 0 saturated carbocycles. The number of carbonyl (C=O) groups excluding carboxylic acids is 1. The molecule has 1 aromatic carbocycles. The lowest BCUT2D eigenvalue weighted by Crippen LogP contribution is -2.30. The van der Waals surface area contributed by atoms with Gasteiger partial charge in [-0.1, -0.05) is 38.1 Å². The molecule has 22 heavy (non-hydrogen) atoms. The Morgan fingerprint density at radius 3 is 2.55 bits per heavy atom. The van der Waals surface area contributed by atoms with Crippen LogP contribution >= 0.6 is 0 Å².